The SMILES string of the molecule is CCCCCc1ccc(CCC2CCc3c(F)c(C4CCC(c5ccc(C#N)cc5)CC4)c(F)c(F)c3C2)cc1. The van der Waals surface area contributed by atoms with E-state index in [1.165, 1.54) is 30.4 Å². The van der Waals surface area contributed by atoms with Gasteiger partial charge in [-0.3, -0.25) is 0 Å². The fourth-order valence-electron chi connectivity index (χ4n) is 6.96. The minimum Gasteiger partial charge on any atom is -0.206 e. The molecule has 40 heavy (non-hydrogen) atoms. The van der Waals surface area contributed by atoms with Crippen molar-refractivity contribution in [2.45, 2.75) is 102 Å². The molecule has 0 N–H and O–H groups in total. The number of halogens is 3. The van der Waals surface area contributed by atoms with E-state index in [-0.39, 0.29) is 23.0 Å². The Balaban J connectivity index is 1.21. The first-order valence-electron chi connectivity index (χ1n) is 15.2. The lowest BCUT2D eigenvalue weighted by atomic mass is 9.73. The third-order valence-electron chi connectivity index (χ3n) is 9.44. The molecule has 0 spiro atoms. The summed E-state index contributed by atoms with van der Waals surface area (Å²) in [4.78, 5) is 0. The molecule has 1 unspecified atom stereocenters. The van der Waals surface area contributed by atoms with Crippen LogP contribution in [0.4, 0.5) is 13.2 Å². The van der Waals surface area contributed by atoms with Gasteiger partial charge in [-0.05, 0) is 128 Å². The van der Waals surface area contributed by atoms with Gasteiger partial charge in [0.2, 0.25) is 0 Å². The van der Waals surface area contributed by atoms with Crippen molar-refractivity contribution in [3.63, 3.8) is 0 Å². The summed E-state index contributed by atoms with van der Waals surface area (Å²) < 4.78 is 46.6. The van der Waals surface area contributed by atoms with E-state index in [9.17, 15) is 0 Å². The Morgan fingerprint density at radius 2 is 1.38 bits per heavy atom. The molecule has 3 aromatic carbocycles. The van der Waals surface area contributed by atoms with Crippen molar-refractivity contribution < 1.29 is 13.2 Å². The van der Waals surface area contributed by atoms with Gasteiger partial charge in [-0.15, -0.1) is 0 Å². The highest BCUT2D eigenvalue weighted by Crippen LogP contribution is 2.44. The smallest absolute Gasteiger partial charge is 0.165 e. The first kappa shape index (κ1) is 28.5. The van der Waals surface area contributed by atoms with E-state index in [2.05, 4.69) is 37.3 Å². The molecule has 0 radical (unpaired) electrons. The number of hydrogen-bond donors (Lipinski definition) is 0. The molecule has 5 rings (SSSR count). The number of fused-ring (bicyclic) bond motifs is 1. The largest absolute Gasteiger partial charge is 0.206 e. The number of rotatable bonds is 9. The molecule has 2 aliphatic carbocycles. The molecule has 1 nitrogen and oxygen atoms in total. The lowest BCUT2D eigenvalue weighted by Gasteiger charge is -2.32. The number of aryl methyl sites for hydroxylation is 2. The van der Waals surface area contributed by atoms with Gasteiger partial charge in [-0.2, -0.15) is 5.26 Å². The fraction of sp³-hybridized carbons (Fsp3) is 0.472. The topological polar surface area (TPSA) is 23.8 Å². The zero-order valence-electron chi connectivity index (χ0n) is 23.6. The third kappa shape index (κ3) is 6.30. The molecule has 0 bridgehead atoms. The maximum Gasteiger partial charge on any atom is 0.165 e. The monoisotopic (exact) mass is 543 g/mol. The average Bonchev–Trinajstić information content (AvgIpc) is 3.00. The van der Waals surface area contributed by atoms with Crippen molar-refractivity contribution in [1.29, 1.82) is 5.26 Å². The minimum atomic E-state index is -0.961. The Hall–Kier alpha value is -3.06. The average molecular weight is 544 g/mol. The number of nitriles is 1. The molecule has 0 heterocycles. The van der Waals surface area contributed by atoms with E-state index in [1.807, 2.05) is 24.3 Å². The van der Waals surface area contributed by atoms with Gasteiger partial charge in [0.25, 0.3) is 0 Å². The Bertz CT molecular complexity index is 1330. The molecule has 0 amide bonds. The van der Waals surface area contributed by atoms with Crippen LogP contribution in [0.1, 0.15) is 115 Å². The van der Waals surface area contributed by atoms with Gasteiger partial charge in [-0.25, -0.2) is 13.2 Å². The summed E-state index contributed by atoms with van der Waals surface area (Å²) in [6, 6.07) is 18.5. The van der Waals surface area contributed by atoms with Crippen LogP contribution in [-0.4, -0.2) is 0 Å². The van der Waals surface area contributed by atoms with Gasteiger partial charge in [0.15, 0.2) is 11.6 Å². The van der Waals surface area contributed by atoms with Gasteiger partial charge >= 0.3 is 0 Å². The molecular weight excluding hydrogens is 503 g/mol. The van der Waals surface area contributed by atoms with Crippen LogP contribution < -0.4 is 0 Å². The van der Waals surface area contributed by atoms with Gasteiger partial charge in [0.1, 0.15) is 5.82 Å². The van der Waals surface area contributed by atoms with Crippen molar-refractivity contribution in [1.82, 2.24) is 0 Å². The third-order valence-corrected chi connectivity index (χ3v) is 9.44. The molecule has 210 valence electrons. The molecule has 1 fully saturated rings. The summed E-state index contributed by atoms with van der Waals surface area (Å²) in [6.45, 7) is 2.21. The minimum absolute atomic E-state index is 0.0213. The molecule has 3 aromatic rings. The van der Waals surface area contributed by atoms with Crippen LogP contribution in [0.25, 0.3) is 0 Å². The summed E-state index contributed by atoms with van der Waals surface area (Å²) >= 11 is 0. The Morgan fingerprint density at radius 1 is 0.725 bits per heavy atom. The number of hydrogen-bond acceptors (Lipinski definition) is 1. The van der Waals surface area contributed by atoms with Gasteiger partial charge in [0, 0.05) is 5.56 Å². The van der Waals surface area contributed by atoms with Crippen LogP contribution in [0.5, 0.6) is 0 Å². The molecule has 0 aliphatic heterocycles. The summed E-state index contributed by atoms with van der Waals surface area (Å²) in [5.74, 6) is -2.03. The molecular formula is C36H40F3N. The molecule has 1 saturated carbocycles. The summed E-state index contributed by atoms with van der Waals surface area (Å²) in [5, 5.41) is 9.03. The molecule has 2 aliphatic rings. The second-order valence-corrected chi connectivity index (χ2v) is 12.0. The van der Waals surface area contributed by atoms with E-state index in [0.717, 1.165) is 44.1 Å². The number of benzene rings is 3. The highest BCUT2D eigenvalue weighted by atomic mass is 19.2. The molecule has 4 heteroatoms. The molecule has 0 aromatic heterocycles. The van der Waals surface area contributed by atoms with Crippen molar-refractivity contribution in [2.24, 2.45) is 5.92 Å². The second kappa shape index (κ2) is 13.1. The van der Waals surface area contributed by atoms with Crippen LogP contribution in [0.3, 0.4) is 0 Å². The van der Waals surface area contributed by atoms with E-state index in [1.54, 1.807) is 0 Å². The summed E-state index contributed by atoms with van der Waals surface area (Å²) in [6.07, 6.45) is 11.2. The number of nitrogens with zero attached hydrogens (tertiary/aromatic N) is 1. The van der Waals surface area contributed by atoms with Gasteiger partial charge < -0.3 is 0 Å². The highest BCUT2D eigenvalue weighted by Gasteiger charge is 2.34. The standard InChI is InChI=1S/C36H40F3N/c1-2-3-4-5-24-6-8-25(9-7-24)10-11-26-14-21-31-32(22-26)35(38)36(39)33(34(31)37)30-19-17-29(18-20-30)28-15-12-27(23-40)13-16-28/h6-9,12-13,15-16,26,29-30H,2-5,10-11,14,17-22H2,1H3. The van der Waals surface area contributed by atoms with Crippen LogP contribution in [-0.2, 0) is 25.7 Å². The normalized spacial score (nSPS) is 20.6. The Kier molecular flexibility index (Phi) is 9.30. The van der Waals surface area contributed by atoms with E-state index < -0.39 is 17.5 Å². The van der Waals surface area contributed by atoms with Gasteiger partial charge in [0.05, 0.1) is 11.6 Å². The second-order valence-electron chi connectivity index (χ2n) is 12.0. The summed E-state index contributed by atoms with van der Waals surface area (Å²) in [5.41, 5.74) is 5.09. The fourth-order valence-corrected chi connectivity index (χ4v) is 6.96. The lowest BCUT2D eigenvalue weighted by molar-refractivity contribution is 0.354. The van der Waals surface area contributed by atoms with Crippen LogP contribution in [0.15, 0.2) is 48.5 Å². The number of unbranched alkanes of at least 4 members (excludes halogenated alkanes) is 2. The van der Waals surface area contributed by atoms with Crippen molar-refractivity contribution >= 4 is 0 Å². The van der Waals surface area contributed by atoms with Crippen molar-refractivity contribution in [2.75, 3.05) is 0 Å². The quantitative estimate of drug-likeness (QED) is 0.195. The Labute approximate surface area is 237 Å². The first-order chi connectivity index (χ1) is 19.5. The van der Waals surface area contributed by atoms with E-state index in [4.69, 9.17) is 5.26 Å². The maximum absolute atomic E-state index is 15.8. The lowest BCUT2D eigenvalue weighted by Crippen LogP contribution is -2.22. The Morgan fingerprint density at radius 3 is 2.02 bits per heavy atom. The maximum atomic E-state index is 15.8. The van der Waals surface area contributed by atoms with E-state index >= 15 is 13.2 Å². The van der Waals surface area contributed by atoms with Gasteiger partial charge in [-0.1, -0.05) is 56.2 Å². The van der Waals surface area contributed by atoms with Crippen molar-refractivity contribution in [3.8, 4) is 6.07 Å². The van der Waals surface area contributed by atoms with Crippen LogP contribution >= 0.6 is 0 Å². The first-order valence-corrected chi connectivity index (χ1v) is 15.2. The zero-order valence-corrected chi connectivity index (χ0v) is 23.6. The predicted molar refractivity (Wildman–Crippen MR) is 155 cm³/mol. The van der Waals surface area contributed by atoms with E-state index in [0.29, 0.717) is 42.7 Å². The molecule has 0 saturated heterocycles. The van der Waals surface area contributed by atoms with Crippen molar-refractivity contribution in [3.05, 3.63) is 105 Å². The van der Waals surface area contributed by atoms with Crippen LogP contribution in [0.2, 0.25) is 0 Å². The predicted octanol–water partition coefficient (Wildman–Crippen LogP) is 9.89. The summed E-state index contributed by atoms with van der Waals surface area (Å²) in [7, 11) is 0. The highest BCUT2D eigenvalue weighted by molar-refractivity contribution is 5.41. The molecule has 1 atom stereocenters. The zero-order chi connectivity index (χ0) is 28.1. The van der Waals surface area contributed by atoms with Crippen LogP contribution in [0, 0.1) is 34.7 Å².